The van der Waals surface area contributed by atoms with Crippen LogP contribution >= 0.6 is 0 Å². The molecule has 0 unspecified atom stereocenters. The summed E-state index contributed by atoms with van der Waals surface area (Å²) in [4.78, 5) is 12.2. The Labute approximate surface area is 146 Å². The molecular weight excluding hydrogens is 320 g/mol. The van der Waals surface area contributed by atoms with E-state index in [1.807, 2.05) is 19.9 Å². The van der Waals surface area contributed by atoms with E-state index in [9.17, 15) is 10.1 Å². The van der Waals surface area contributed by atoms with Crippen LogP contribution in [0.5, 0.6) is 11.5 Å². The average Bonchev–Trinajstić information content (AvgIpc) is 3.13. The molecule has 0 aliphatic carbocycles. The Kier molecular flexibility index (Phi) is 6.66. The van der Waals surface area contributed by atoms with E-state index in [4.69, 9.17) is 13.9 Å². The lowest BCUT2D eigenvalue weighted by molar-refractivity contribution is -0.117. The Morgan fingerprint density at radius 3 is 2.72 bits per heavy atom. The van der Waals surface area contributed by atoms with Crippen molar-refractivity contribution in [1.82, 2.24) is 5.32 Å². The number of furan rings is 1. The number of rotatable bonds is 8. The molecule has 6 heteroatoms. The molecule has 1 amide bonds. The summed E-state index contributed by atoms with van der Waals surface area (Å²) in [6.45, 7) is 4.97. The first kappa shape index (κ1) is 18.1. The summed E-state index contributed by atoms with van der Waals surface area (Å²) in [5.74, 6) is 1.36. The number of nitriles is 1. The van der Waals surface area contributed by atoms with Crippen molar-refractivity contribution in [3.8, 4) is 17.6 Å². The molecule has 0 aliphatic rings. The van der Waals surface area contributed by atoms with E-state index in [1.54, 1.807) is 30.3 Å². The van der Waals surface area contributed by atoms with Crippen LogP contribution in [-0.4, -0.2) is 19.1 Å². The van der Waals surface area contributed by atoms with Gasteiger partial charge in [0.15, 0.2) is 0 Å². The first-order valence-corrected chi connectivity index (χ1v) is 8.00. The van der Waals surface area contributed by atoms with Crippen molar-refractivity contribution in [3.05, 3.63) is 53.5 Å². The fourth-order valence-electron chi connectivity index (χ4n) is 2.15. The fourth-order valence-corrected chi connectivity index (χ4v) is 2.15. The highest BCUT2D eigenvalue weighted by Crippen LogP contribution is 2.27. The normalized spacial score (nSPS) is 10.8. The molecule has 0 atom stereocenters. The second kappa shape index (κ2) is 9.18. The summed E-state index contributed by atoms with van der Waals surface area (Å²) in [5.41, 5.74) is 0.617. The van der Waals surface area contributed by atoms with E-state index in [2.05, 4.69) is 5.32 Å². The summed E-state index contributed by atoms with van der Waals surface area (Å²) >= 11 is 0. The van der Waals surface area contributed by atoms with Crippen molar-refractivity contribution in [2.45, 2.75) is 20.4 Å². The molecule has 0 aliphatic heterocycles. The van der Waals surface area contributed by atoms with E-state index >= 15 is 0 Å². The summed E-state index contributed by atoms with van der Waals surface area (Å²) < 4.78 is 16.2. The highest BCUT2D eigenvalue weighted by atomic mass is 16.5. The molecule has 2 aromatic rings. The van der Waals surface area contributed by atoms with Gasteiger partial charge in [0, 0.05) is 11.6 Å². The van der Waals surface area contributed by atoms with Gasteiger partial charge in [0.1, 0.15) is 28.9 Å². The standard InChI is InChI=1S/C19H20N2O4/c1-3-23-16-8-7-14(18(11-16)24-4-2)10-15(12-20)19(22)21-13-17-6-5-9-25-17/h5-11H,3-4,13H2,1-2H3,(H,21,22). The Balaban J connectivity index is 2.19. The molecule has 130 valence electrons. The molecule has 0 fully saturated rings. The summed E-state index contributed by atoms with van der Waals surface area (Å²) in [7, 11) is 0. The van der Waals surface area contributed by atoms with Gasteiger partial charge in [-0.25, -0.2) is 0 Å². The lowest BCUT2D eigenvalue weighted by Crippen LogP contribution is -2.23. The second-order valence-electron chi connectivity index (χ2n) is 5.00. The monoisotopic (exact) mass is 340 g/mol. The second-order valence-corrected chi connectivity index (χ2v) is 5.00. The SMILES string of the molecule is CCOc1ccc(C=C(C#N)C(=O)NCc2ccco2)c(OCC)c1. The number of benzene rings is 1. The van der Waals surface area contributed by atoms with Gasteiger partial charge in [-0.05, 0) is 44.2 Å². The Morgan fingerprint density at radius 2 is 2.08 bits per heavy atom. The molecule has 0 radical (unpaired) electrons. The van der Waals surface area contributed by atoms with Gasteiger partial charge in [-0.15, -0.1) is 0 Å². The minimum absolute atomic E-state index is 0.0170. The maximum atomic E-state index is 12.2. The van der Waals surface area contributed by atoms with E-state index in [0.717, 1.165) is 0 Å². The van der Waals surface area contributed by atoms with Crippen molar-refractivity contribution in [3.63, 3.8) is 0 Å². The van der Waals surface area contributed by atoms with Crippen LogP contribution < -0.4 is 14.8 Å². The minimum atomic E-state index is -0.477. The molecule has 1 N–H and O–H groups in total. The third kappa shape index (κ3) is 5.15. The number of carbonyl (C=O) groups excluding carboxylic acids is 1. The van der Waals surface area contributed by atoms with Crippen LogP contribution in [0.25, 0.3) is 6.08 Å². The maximum Gasteiger partial charge on any atom is 0.262 e. The maximum absolute atomic E-state index is 12.2. The number of carbonyl (C=O) groups is 1. The van der Waals surface area contributed by atoms with Crippen molar-refractivity contribution in [2.24, 2.45) is 0 Å². The highest BCUT2D eigenvalue weighted by Gasteiger charge is 2.12. The fraction of sp³-hybridized carbons (Fsp3) is 0.263. The van der Waals surface area contributed by atoms with Gasteiger partial charge in [0.05, 0.1) is 26.0 Å². The first-order valence-electron chi connectivity index (χ1n) is 8.00. The summed E-state index contributed by atoms with van der Waals surface area (Å²) in [6, 6.07) is 10.7. The lowest BCUT2D eigenvalue weighted by Gasteiger charge is -2.11. The largest absolute Gasteiger partial charge is 0.494 e. The Bertz CT molecular complexity index is 773. The third-order valence-electron chi connectivity index (χ3n) is 3.26. The van der Waals surface area contributed by atoms with Crippen LogP contribution in [0.3, 0.4) is 0 Å². The predicted octanol–water partition coefficient (Wildman–Crippen LogP) is 3.30. The molecule has 6 nitrogen and oxygen atoms in total. The van der Waals surface area contributed by atoms with Gasteiger partial charge < -0.3 is 19.2 Å². The van der Waals surface area contributed by atoms with Crippen molar-refractivity contribution < 1.29 is 18.7 Å². The zero-order valence-corrected chi connectivity index (χ0v) is 14.2. The van der Waals surface area contributed by atoms with Crippen LogP contribution in [0.2, 0.25) is 0 Å². The molecule has 25 heavy (non-hydrogen) atoms. The van der Waals surface area contributed by atoms with Gasteiger partial charge in [0.2, 0.25) is 0 Å². The molecular formula is C19H20N2O4. The first-order chi connectivity index (χ1) is 12.2. The molecule has 1 aromatic carbocycles. The van der Waals surface area contributed by atoms with Gasteiger partial charge in [-0.3, -0.25) is 4.79 Å². The third-order valence-corrected chi connectivity index (χ3v) is 3.26. The summed E-state index contributed by atoms with van der Waals surface area (Å²) in [5, 5.41) is 12.0. The molecule has 0 saturated carbocycles. The quantitative estimate of drug-likeness (QED) is 0.589. The van der Waals surface area contributed by atoms with Gasteiger partial charge in [-0.1, -0.05) is 0 Å². The van der Waals surface area contributed by atoms with Crippen molar-refractivity contribution in [2.75, 3.05) is 13.2 Å². The van der Waals surface area contributed by atoms with E-state index in [-0.39, 0.29) is 12.1 Å². The molecule has 2 rings (SSSR count). The van der Waals surface area contributed by atoms with Crippen LogP contribution in [0.4, 0.5) is 0 Å². The Morgan fingerprint density at radius 1 is 1.28 bits per heavy atom. The lowest BCUT2D eigenvalue weighted by atomic mass is 10.1. The number of nitrogens with one attached hydrogen (secondary N) is 1. The van der Waals surface area contributed by atoms with Crippen LogP contribution in [-0.2, 0) is 11.3 Å². The zero-order valence-electron chi connectivity index (χ0n) is 14.2. The topological polar surface area (TPSA) is 84.5 Å². The molecule has 1 aromatic heterocycles. The predicted molar refractivity (Wildman–Crippen MR) is 92.9 cm³/mol. The molecule has 0 saturated heterocycles. The highest BCUT2D eigenvalue weighted by molar-refractivity contribution is 6.01. The molecule has 1 heterocycles. The molecule has 0 spiro atoms. The smallest absolute Gasteiger partial charge is 0.262 e. The van der Waals surface area contributed by atoms with Gasteiger partial charge >= 0.3 is 0 Å². The number of hydrogen-bond donors (Lipinski definition) is 1. The van der Waals surface area contributed by atoms with Crippen LogP contribution in [0, 0.1) is 11.3 Å². The number of ether oxygens (including phenoxy) is 2. The van der Waals surface area contributed by atoms with Crippen LogP contribution in [0.1, 0.15) is 25.2 Å². The van der Waals surface area contributed by atoms with E-state index in [0.29, 0.717) is 36.0 Å². The number of amides is 1. The van der Waals surface area contributed by atoms with Gasteiger partial charge in [-0.2, -0.15) is 5.26 Å². The summed E-state index contributed by atoms with van der Waals surface area (Å²) in [6.07, 6.45) is 3.02. The van der Waals surface area contributed by atoms with E-state index < -0.39 is 5.91 Å². The minimum Gasteiger partial charge on any atom is -0.494 e. The van der Waals surface area contributed by atoms with Crippen LogP contribution in [0.15, 0.2) is 46.6 Å². The zero-order chi connectivity index (χ0) is 18.1. The molecule has 0 bridgehead atoms. The average molecular weight is 340 g/mol. The number of hydrogen-bond acceptors (Lipinski definition) is 5. The van der Waals surface area contributed by atoms with E-state index in [1.165, 1.54) is 12.3 Å². The van der Waals surface area contributed by atoms with Crippen molar-refractivity contribution >= 4 is 12.0 Å². The van der Waals surface area contributed by atoms with Crippen molar-refractivity contribution in [1.29, 1.82) is 5.26 Å². The van der Waals surface area contributed by atoms with Gasteiger partial charge in [0.25, 0.3) is 5.91 Å². The Hall–Kier alpha value is -3.20. The number of nitrogens with zero attached hydrogens (tertiary/aromatic N) is 1.